The summed E-state index contributed by atoms with van der Waals surface area (Å²) in [6, 6.07) is 5.94. The van der Waals surface area contributed by atoms with Crippen LogP contribution < -0.4 is 10.2 Å². The van der Waals surface area contributed by atoms with Gasteiger partial charge in [0.15, 0.2) is 5.65 Å². The Morgan fingerprint density at radius 3 is 3.25 bits per heavy atom. The zero-order valence-corrected chi connectivity index (χ0v) is 13.0. The number of aromatic nitrogens is 3. The van der Waals surface area contributed by atoms with Gasteiger partial charge in [-0.1, -0.05) is 0 Å². The van der Waals surface area contributed by atoms with Crippen LogP contribution in [0.3, 0.4) is 0 Å². The molecule has 1 saturated heterocycles. The van der Waals surface area contributed by atoms with Crippen LogP contribution >= 0.6 is 0 Å². The Hall–Kier alpha value is -3.14. The molecule has 1 aliphatic heterocycles. The maximum atomic E-state index is 12.1. The Bertz CT molecular complexity index is 957. The summed E-state index contributed by atoms with van der Waals surface area (Å²) in [7, 11) is 0. The van der Waals surface area contributed by atoms with Crippen LogP contribution in [0.5, 0.6) is 0 Å². The van der Waals surface area contributed by atoms with E-state index in [9.17, 15) is 4.79 Å². The number of fused-ring (bicyclic) bond motifs is 3. The van der Waals surface area contributed by atoms with Gasteiger partial charge < -0.3 is 15.2 Å². The molecule has 0 aromatic carbocycles. The zero-order chi connectivity index (χ0) is 16.5. The van der Waals surface area contributed by atoms with E-state index in [4.69, 9.17) is 5.26 Å². The van der Waals surface area contributed by atoms with Gasteiger partial charge in [0.2, 0.25) is 5.91 Å². The lowest BCUT2D eigenvalue weighted by Gasteiger charge is -2.21. The molecule has 0 aliphatic carbocycles. The summed E-state index contributed by atoms with van der Waals surface area (Å²) in [6.07, 6.45) is 6.23. The van der Waals surface area contributed by atoms with Crippen LogP contribution in [-0.4, -0.2) is 40.5 Å². The van der Waals surface area contributed by atoms with Crippen LogP contribution in [0.4, 0.5) is 5.69 Å². The first-order valence-corrected chi connectivity index (χ1v) is 7.88. The van der Waals surface area contributed by atoms with Gasteiger partial charge in [0.1, 0.15) is 6.54 Å². The molecule has 1 fully saturated rings. The molecule has 0 saturated carbocycles. The highest BCUT2D eigenvalue weighted by atomic mass is 16.1. The summed E-state index contributed by atoms with van der Waals surface area (Å²) in [6.45, 7) is 1.51. The van der Waals surface area contributed by atoms with Crippen LogP contribution in [0.2, 0.25) is 0 Å². The van der Waals surface area contributed by atoms with Crippen molar-refractivity contribution in [1.82, 2.24) is 20.3 Å². The van der Waals surface area contributed by atoms with Gasteiger partial charge in [-0.25, -0.2) is 9.97 Å². The average Bonchev–Trinajstić information content (AvgIpc) is 3.28. The van der Waals surface area contributed by atoms with Crippen LogP contribution in [0.1, 0.15) is 6.42 Å². The van der Waals surface area contributed by atoms with Crippen LogP contribution in [0.15, 0.2) is 30.7 Å². The highest BCUT2D eigenvalue weighted by molar-refractivity contribution is 6.10. The number of hydrogen-bond donors (Lipinski definition) is 2. The molecule has 3 aromatic rings. The lowest BCUT2D eigenvalue weighted by atomic mass is 10.1. The number of nitriles is 1. The Kier molecular flexibility index (Phi) is 3.50. The first-order chi connectivity index (χ1) is 11.8. The second-order valence-electron chi connectivity index (χ2n) is 5.90. The van der Waals surface area contributed by atoms with Crippen molar-refractivity contribution in [2.75, 3.05) is 24.5 Å². The summed E-state index contributed by atoms with van der Waals surface area (Å²) >= 11 is 0. The maximum absolute atomic E-state index is 12.1. The maximum Gasteiger partial charge on any atom is 0.225 e. The van der Waals surface area contributed by atoms with E-state index in [-0.39, 0.29) is 18.4 Å². The number of nitrogens with one attached hydrogen (secondary N) is 2. The van der Waals surface area contributed by atoms with Gasteiger partial charge in [-0.15, -0.1) is 0 Å². The minimum atomic E-state index is -0.0901. The zero-order valence-electron chi connectivity index (χ0n) is 13.0. The number of carbonyl (C=O) groups is 1. The molecule has 1 atom stereocenters. The molecule has 0 bridgehead atoms. The number of amides is 1. The van der Waals surface area contributed by atoms with Crippen molar-refractivity contribution in [2.45, 2.75) is 6.42 Å². The predicted octanol–water partition coefficient (Wildman–Crippen LogP) is 1.58. The molecular weight excluding hydrogens is 304 g/mol. The molecule has 120 valence electrons. The van der Waals surface area contributed by atoms with Gasteiger partial charge >= 0.3 is 0 Å². The van der Waals surface area contributed by atoms with Crippen molar-refractivity contribution in [3.8, 4) is 6.07 Å². The molecule has 1 aliphatic rings. The number of hydrogen-bond acceptors (Lipinski definition) is 5. The van der Waals surface area contributed by atoms with Gasteiger partial charge in [0, 0.05) is 41.9 Å². The Morgan fingerprint density at radius 2 is 2.38 bits per heavy atom. The van der Waals surface area contributed by atoms with Gasteiger partial charge in [0.25, 0.3) is 0 Å². The van der Waals surface area contributed by atoms with E-state index in [1.807, 2.05) is 24.4 Å². The third-order valence-electron chi connectivity index (χ3n) is 4.51. The molecule has 24 heavy (non-hydrogen) atoms. The quantitative estimate of drug-likeness (QED) is 0.714. The smallest absolute Gasteiger partial charge is 0.225 e. The highest BCUT2D eigenvalue weighted by Gasteiger charge is 2.29. The normalized spacial score (nSPS) is 17.3. The summed E-state index contributed by atoms with van der Waals surface area (Å²) in [5, 5.41) is 13.3. The average molecular weight is 320 g/mol. The number of H-pyrrole nitrogens is 1. The summed E-state index contributed by atoms with van der Waals surface area (Å²) < 4.78 is 0. The van der Waals surface area contributed by atoms with Crippen LogP contribution in [0, 0.1) is 17.2 Å². The number of rotatable bonds is 3. The number of carbonyl (C=O) groups excluding carboxylic acids is 1. The van der Waals surface area contributed by atoms with Crippen molar-refractivity contribution in [3.05, 3.63) is 30.7 Å². The number of nitrogens with zero attached hydrogens (tertiary/aromatic N) is 4. The second-order valence-corrected chi connectivity index (χ2v) is 5.90. The van der Waals surface area contributed by atoms with E-state index < -0.39 is 0 Å². The largest absolute Gasteiger partial charge is 0.370 e. The minimum absolute atomic E-state index is 0.0485. The summed E-state index contributed by atoms with van der Waals surface area (Å²) in [4.78, 5) is 26.2. The van der Waals surface area contributed by atoms with Gasteiger partial charge in [-0.3, -0.25) is 4.79 Å². The monoisotopic (exact) mass is 320 g/mol. The van der Waals surface area contributed by atoms with Crippen LogP contribution in [0.25, 0.3) is 21.9 Å². The molecule has 0 radical (unpaired) electrons. The third-order valence-corrected chi connectivity index (χ3v) is 4.51. The highest BCUT2D eigenvalue weighted by Crippen LogP contribution is 2.33. The van der Waals surface area contributed by atoms with Crippen molar-refractivity contribution in [2.24, 2.45) is 5.92 Å². The van der Waals surface area contributed by atoms with Gasteiger partial charge in [-0.05, 0) is 18.6 Å². The number of pyridine rings is 2. The van der Waals surface area contributed by atoms with Gasteiger partial charge in [-0.2, -0.15) is 5.26 Å². The Labute approximate surface area is 138 Å². The number of aromatic amines is 1. The SMILES string of the molecule is N#CCNC(=O)C1CCN(c2cc[nH]c3cnc4nccc4c23)C1. The van der Waals surface area contributed by atoms with E-state index >= 15 is 0 Å². The fraction of sp³-hybridized carbons (Fsp3) is 0.294. The van der Waals surface area contributed by atoms with Gasteiger partial charge in [0.05, 0.1) is 23.7 Å². The van der Waals surface area contributed by atoms with Crippen molar-refractivity contribution in [1.29, 1.82) is 5.26 Å². The van der Waals surface area contributed by atoms with E-state index in [2.05, 4.69) is 25.2 Å². The molecule has 4 heterocycles. The van der Waals surface area contributed by atoms with Crippen molar-refractivity contribution >= 4 is 33.5 Å². The molecular formula is C17H16N6O. The summed E-state index contributed by atoms with van der Waals surface area (Å²) in [5.74, 6) is -0.139. The molecule has 2 N–H and O–H groups in total. The van der Waals surface area contributed by atoms with Crippen LogP contribution in [-0.2, 0) is 4.79 Å². The molecule has 1 amide bonds. The van der Waals surface area contributed by atoms with E-state index in [0.29, 0.717) is 6.54 Å². The van der Waals surface area contributed by atoms with E-state index in [1.165, 1.54) is 0 Å². The standard InChI is InChI=1S/C17H16N6O/c18-4-7-21-17(24)11-3-8-23(10-11)14-2-6-19-13-9-22-16-12(15(13)14)1-5-20-16/h1-2,5-6,9,11,19H,3,7-8,10H2,(H,21,24). The summed E-state index contributed by atoms with van der Waals surface area (Å²) in [5.41, 5.74) is 2.76. The fourth-order valence-corrected chi connectivity index (χ4v) is 3.37. The molecule has 0 spiro atoms. The lowest BCUT2D eigenvalue weighted by molar-refractivity contribution is -0.124. The predicted molar refractivity (Wildman–Crippen MR) is 90.3 cm³/mol. The molecule has 1 unspecified atom stereocenters. The lowest BCUT2D eigenvalue weighted by Crippen LogP contribution is -2.33. The second kappa shape index (κ2) is 5.81. The minimum Gasteiger partial charge on any atom is -0.370 e. The van der Waals surface area contributed by atoms with Crippen molar-refractivity contribution < 1.29 is 4.79 Å². The molecule has 7 nitrogen and oxygen atoms in total. The van der Waals surface area contributed by atoms with E-state index in [0.717, 1.165) is 40.6 Å². The Morgan fingerprint density at radius 1 is 1.46 bits per heavy atom. The molecule has 3 aromatic heterocycles. The first kappa shape index (κ1) is 14.5. The third kappa shape index (κ3) is 2.33. The number of anilines is 1. The Balaban J connectivity index is 1.69. The molecule has 7 heteroatoms. The topological polar surface area (TPSA) is 97.7 Å². The van der Waals surface area contributed by atoms with Crippen molar-refractivity contribution in [3.63, 3.8) is 0 Å². The fourth-order valence-electron chi connectivity index (χ4n) is 3.37. The molecule has 4 rings (SSSR count). The van der Waals surface area contributed by atoms with E-state index in [1.54, 1.807) is 12.4 Å². The first-order valence-electron chi connectivity index (χ1n) is 7.88.